The number of alkyl halides is 1. The summed E-state index contributed by atoms with van der Waals surface area (Å²) in [6, 6.07) is 0. The second-order valence-electron chi connectivity index (χ2n) is 5.82. The maximum Gasteiger partial charge on any atom is 0.0364 e. The third kappa shape index (κ3) is 7.34. The fourth-order valence-electron chi connectivity index (χ4n) is 3.03. The molecule has 0 spiro atoms. The fourth-order valence-corrected chi connectivity index (χ4v) is 3.43. The summed E-state index contributed by atoms with van der Waals surface area (Å²) >= 11 is 6.47. The molecule has 102 valence electrons. The first-order chi connectivity index (χ1) is 8.34. The van der Waals surface area contributed by atoms with E-state index < -0.39 is 0 Å². The largest absolute Gasteiger partial charge is 0.123 e. The molecule has 1 aliphatic carbocycles. The molecule has 2 unspecified atom stereocenters. The highest BCUT2D eigenvalue weighted by atomic mass is 35.5. The van der Waals surface area contributed by atoms with Crippen LogP contribution in [0.2, 0.25) is 0 Å². The summed E-state index contributed by atoms with van der Waals surface area (Å²) in [5.41, 5.74) is 0. The quantitative estimate of drug-likeness (QED) is 0.272. The average molecular weight is 259 g/mol. The van der Waals surface area contributed by atoms with Gasteiger partial charge in [-0.1, -0.05) is 71.1 Å². The summed E-state index contributed by atoms with van der Waals surface area (Å²) in [6.45, 7) is 2.28. The molecule has 0 nitrogen and oxygen atoms in total. The van der Waals surface area contributed by atoms with Gasteiger partial charge in [0.15, 0.2) is 0 Å². The Balaban J connectivity index is 1.97. The Kier molecular flexibility index (Phi) is 9.24. The van der Waals surface area contributed by atoms with Gasteiger partial charge in [-0.05, 0) is 25.2 Å². The summed E-state index contributed by atoms with van der Waals surface area (Å²) in [6.07, 6.45) is 18.2. The highest BCUT2D eigenvalue weighted by Gasteiger charge is 2.20. The van der Waals surface area contributed by atoms with Crippen molar-refractivity contribution in [1.82, 2.24) is 0 Å². The van der Waals surface area contributed by atoms with Gasteiger partial charge in [-0.2, -0.15) is 0 Å². The van der Waals surface area contributed by atoms with Crippen LogP contribution in [0.25, 0.3) is 0 Å². The first-order valence-corrected chi connectivity index (χ1v) is 8.42. The van der Waals surface area contributed by atoms with Gasteiger partial charge in [-0.3, -0.25) is 0 Å². The van der Waals surface area contributed by atoms with Crippen molar-refractivity contribution in [2.45, 2.75) is 95.8 Å². The molecule has 1 saturated carbocycles. The summed E-state index contributed by atoms with van der Waals surface area (Å²) in [4.78, 5) is 0. The van der Waals surface area contributed by atoms with Gasteiger partial charge < -0.3 is 0 Å². The molecule has 0 aromatic rings. The van der Waals surface area contributed by atoms with Crippen LogP contribution in [-0.4, -0.2) is 5.38 Å². The maximum atomic E-state index is 6.47. The minimum absolute atomic E-state index is 0.484. The molecule has 0 N–H and O–H groups in total. The van der Waals surface area contributed by atoms with E-state index in [-0.39, 0.29) is 0 Å². The zero-order chi connectivity index (χ0) is 12.3. The van der Waals surface area contributed by atoms with Crippen molar-refractivity contribution >= 4 is 11.6 Å². The number of hydrogen-bond acceptors (Lipinski definition) is 0. The molecule has 17 heavy (non-hydrogen) atoms. The summed E-state index contributed by atoms with van der Waals surface area (Å²) < 4.78 is 0. The van der Waals surface area contributed by atoms with Crippen LogP contribution in [0.4, 0.5) is 0 Å². The second kappa shape index (κ2) is 10.2. The number of halogens is 1. The minimum Gasteiger partial charge on any atom is -0.123 e. The van der Waals surface area contributed by atoms with Crippen LogP contribution in [0.5, 0.6) is 0 Å². The molecule has 0 amide bonds. The summed E-state index contributed by atoms with van der Waals surface area (Å²) in [5.74, 6) is 0.829. The van der Waals surface area contributed by atoms with Gasteiger partial charge in [0.05, 0.1) is 0 Å². The van der Waals surface area contributed by atoms with Gasteiger partial charge in [0.2, 0.25) is 0 Å². The van der Waals surface area contributed by atoms with Crippen LogP contribution in [0.15, 0.2) is 0 Å². The molecule has 0 aliphatic heterocycles. The molecular formula is C16H31Cl. The van der Waals surface area contributed by atoms with Crippen LogP contribution < -0.4 is 0 Å². The summed E-state index contributed by atoms with van der Waals surface area (Å²) in [7, 11) is 0. The van der Waals surface area contributed by atoms with E-state index in [0.29, 0.717) is 5.38 Å². The zero-order valence-electron chi connectivity index (χ0n) is 11.7. The highest BCUT2D eigenvalue weighted by Crippen LogP contribution is 2.31. The smallest absolute Gasteiger partial charge is 0.0364 e. The topological polar surface area (TPSA) is 0 Å². The Bertz CT molecular complexity index is 167. The Morgan fingerprint density at radius 1 is 0.824 bits per heavy atom. The lowest BCUT2D eigenvalue weighted by atomic mass is 9.93. The first-order valence-electron chi connectivity index (χ1n) is 7.98. The predicted molar refractivity (Wildman–Crippen MR) is 78.8 cm³/mol. The molecule has 1 heteroatoms. The number of hydrogen-bond donors (Lipinski definition) is 0. The van der Waals surface area contributed by atoms with E-state index in [2.05, 4.69) is 6.92 Å². The monoisotopic (exact) mass is 258 g/mol. The van der Waals surface area contributed by atoms with E-state index in [1.807, 2.05) is 0 Å². The van der Waals surface area contributed by atoms with Crippen molar-refractivity contribution < 1.29 is 0 Å². The van der Waals surface area contributed by atoms with Crippen molar-refractivity contribution in [1.29, 1.82) is 0 Å². The van der Waals surface area contributed by atoms with Crippen LogP contribution in [0, 0.1) is 5.92 Å². The third-order valence-corrected chi connectivity index (χ3v) is 4.82. The normalized spacial score (nSPS) is 25.8. The van der Waals surface area contributed by atoms with Crippen molar-refractivity contribution in [3.8, 4) is 0 Å². The Labute approximate surface area is 114 Å². The molecule has 0 heterocycles. The van der Waals surface area contributed by atoms with Crippen LogP contribution in [0.1, 0.15) is 90.4 Å². The van der Waals surface area contributed by atoms with Crippen molar-refractivity contribution in [2.75, 3.05) is 0 Å². The molecule has 2 atom stereocenters. The highest BCUT2D eigenvalue weighted by molar-refractivity contribution is 6.20. The first kappa shape index (κ1) is 15.3. The SMILES string of the molecule is CCCCCCCCCC1CCCCCC1Cl. The van der Waals surface area contributed by atoms with Crippen molar-refractivity contribution in [2.24, 2.45) is 5.92 Å². The number of unbranched alkanes of at least 4 members (excludes halogenated alkanes) is 6. The van der Waals surface area contributed by atoms with E-state index in [9.17, 15) is 0 Å². The zero-order valence-corrected chi connectivity index (χ0v) is 12.5. The molecule has 1 rings (SSSR count). The van der Waals surface area contributed by atoms with Crippen molar-refractivity contribution in [3.63, 3.8) is 0 Å². The molecule has 1 fully saturated rings. The van der Waals surface area contributed by atoms with Gasteiger partial charge in [-0.15, -0.1) is 11.6 Å². The van der Waals surface area contributed by atoms with Gasteiger partial charge in [0.1, 0.15) is 0 Å². The van der Waals surface area contributed by atoms with E-state index in [0.717, 1.165) is 5.92 Å². The van der Waals surface area contributed by atoms with E-state index >= 15 is 0 Å². The van der Waals surface area contributed by atoms with Gasteiger partial charge >= 0.3 is 0 Å². The van der Waals surface area contributed by atoms with Gasteiger partial charge in [-0.25, -0.2) is 0 Å². The Morgan fingerprint density at radius 3 is 2.24 bits per heavy atom. The standard InChI is InChI=1S/C16H31Cl/c1-2-3-4-5-6-7-9-12-15-13-10-8-11-14-16(15)17/h15-16H,2-14H2,1H3. The Morgan fingerprint density at radius 2 is 1.47 bits per heavy atom. The van der Waals surface area contributed by atoms with E-state index in [1.54, 1.807) is 0 Å². The van der Waals surface area contributed by atoms with E-state index in [1.165, 1.54) is 83.5 Å². The van der Waals surface area contributed by atoms with Crippen LogP contribution in [-0.2, 0) is 0 Å². The summed E-state index contributed by atoms with van der Waals surface area (Å²) in [5, 5.41) is 0.484. The lowest BCUT2D eigenvalue weighted by molar-refractivity contribution is 0.410. The minimum atomic E-state index is 0.484. The molecule has 0 aromatic carbocycles. The van der Waals surface area contributed by atoms with Crippen LogP contribution in [0.3, 0.4) is 0 Å². The van der Waals surface area contributed by atoms with Gasteiger partial charge in [0, 0.05) is 5.38 Å². The Hall–Kier alpha value is 0.290. The maximum absolute atomic E-state index is 6.47. The molecular weight excluding hydrogens is 228 g/mol. The molecule has 0 radical (unpaired) electrons. The third-order valence-electron chi connectivity index (χ3n) is 4.24. The molecule has 1 aliphatic rings. The predicted octanol–water partition coefficient (Wildman–Crippen LogP) is 6.31. The molecule has 0 aromatic heterocycles. The van der Waals surface area contributed by atoms with E-state index in [4.69, 9.17) is 11.6 Å². The molecule has 0 saturated heterocycles. The van der Waals surface area contributed by atoms with Gasteiger partial charge in [0.25, 0.3) is 0 Å². The molecule has 0 bridgehead atoms. The number of rotatable bonds is 8. The second-order valence-corrected chi connectivity index (χ2v) is 6.38. The van der Waals surface area contributed by atoms with Crippen LogP contribution >= 0.6 is 11.6 Å². The lowest BCUT2D eigenvalue weighted by Gasteiger charge is -2.19. The fraction of sp³-hybridized carbons (Fsp3) is 1.00. The average Bonchev–Trinajstić information content (AvgIpc) is 2.53. The lowest BCUT2D eigenvalue weighted by Crippen LogP contribution is -2.12. The van der Waals surface area contributed by atoms with Crippen molar-refractivity contribution in [3.05, 3.63) is 0 Å².